The Bertz CT molecular complexity index is 779. The SMILES string of the molecule is CCCCOc1ccc(C2CC(C(=O)NCc3cccc(OCC)c3)NN2)cc1. The molecule has 156 valence electrons. The molecule has 0 aromatic heterocycles. The van der Waals surface area contributed by atoms with Crippen LogP contribution in [0.5, 0.6) is 11.5 Å². The molecule has 1 fully saturated rings. The van der Waals surface area contributed by atoms with Gasteiger partial charge in [0.05, 0.1) is 13.2 Å². The Morgan fingerprint density at radius 3 is 2.66 bits per heavy atom. The van der Waals surface area contributed by atoms with E-state index >= 15 is 0 Å². The second kappa shape index (κ2) is 10.8. The fraction of sp³-hybridized carbons (Fsp3) is 0.435. The Morgan fingerprint density at radius 1 is 1.07 bits per heavy atom. The molecule has 6 nitrogen and oxygen atoms in total. The molecule has 2 atom stereocenters. The van der Waals surface area contributed by atoms with Crippen LogP contribution in [0, 0.1) is 0 Å². The van der Waals surface area contributed by atoms with E-state index in [1.165, 1.54) is 0 Å². The number of benzene rings is 2. The van der Waals surface area contributed by atoms with Gasteiger partial charge in [0.25, 0.3) is 0 Å². The predicted octanol–water partition coefficient (Wildman–Crippen LogP) is 3.49. The van der Waals surface area contributed by atoms with Crippen molar-refractivity contribution in [3.8, 4) is 11.5 Å². The quantitative estimate of drug-likeness (QED) is 0.536. The molecule has 2 aromatic carbocycles. The molecular weight excluding hydrogens is 366 g/mol. The molecule has 1 saturated heterocycles. The first kappa shape index (κ1) is 21.1. The predicted molar refractivity (Wildman–Crippen MR) is 114 cm³/mol. The highest BCUT2D eigenvalue weighted by Crippen LogP contribution is 2.24. The molecule has 3 rings (SSSR count). The largest absolute Gasteiger partial charge is 0.494 e. The molecule has 0 bridgehead atoms. The van der Waals surface area contributed by atoms with E-state index in [2.05, 4.69) is 35.2 Å². The average molecular weight is 398 g/mol. The highest BCUT2D eigenvalue weighted by molar-refractivity contribution is 5.82. The number of ether oxygens (including phenoxy) is 2. The number of hydrogen-bond donors (Lipinski definition) is 3. The van der Waals surface area contributed by atoms with Crippen LogP contribution in [0.1, 0.15) is 50.3 Å². The van der Waals surface area contributed by atoms with E-state index in [1.807, 2.05) is 43.3 Å². The van der Waals surface area contributed by atoms with E-state index in [-0.39, 0.29) is 18.0 Å². The summed E-state index contributed by atoms with van der Waals surface area (Å²) in [6.07, 6.45) is 2.88. The van der Waals surface area contributed by atoms with Crippen LogP contribution >= 0.6 is 0 Å². The highest BCUT2D eigenvalue weighted by atomic mass is 16.5. The second-order valence-corrected chi connectivity index (χ2v) is 7.20. The molecule has 3 N–H and O–H groups in total. The lowest BCUT2D eigenvalue weighted by Gasteiger charge is -2.12. The Kier molecular flexibility index (Phi) is 7.90. The van der Waals surface area contributed by atoms with Crippen LogP contribution in [0.2, 0.25) is 0 Å². The smallest absolute Gasteiger partial charge is 0.238 e. The van der Waals surface area contributed by atoms with Crippen molar-refractivity contribution in [2.24, 2.45) is 0 Å². The van der Waals surface area contributed by atoms with E-state index < -0.39 is 0 Å². The van der Waals surface area contributed by atoms with Gasteiger partial charge in [0.2, 0.25) is 5.91 Å². The van der Waals surface area contributed by atoms with Gasteiger partial charge in [-0.1, -0.05) is 37.6 Å². The molecule has 0 radical (unpaired) electrons. The van der Waals surface area contributed by atoms with Crippen LogP contribution < -0.4 is 25.6 Å². The molecule has 6 heteroatoms. The number of nitrogens with one attached hydrogen (secondary N) is 3. The molecular formula is C23H31N3O3. The lowest BCUT2D eigenvalue weighted by atomic mass is 10.0. The molecule has 0 saturated carbocycles. The molecule has 1 aliphatic heterocycles. The molecule has 1 amide bonds. The van der Waals surface area contributed by atoms with Gasteiger partial charge in [-0.3, -0.25) is 4.79 Å². The van der Waals surface area contributed by atoms with Crippen molar-refractivity contribution >= 4 is 5.91 Å². The summed E-state index contributed by atoms with van der Waals surface area (Å²) in [5.74, 6) is 1.69. The first-order valence-corrected chi connectivity index (χ1v) is 10.4. The fourth-order valence-corrected chi connectivity index (χ4v) is 3.30. The summed E-state index contributed by atoms with van der Waals surface area (Å²) in [6.45, 7) is 5.95. The van der Waals surface area contributed by atoms with Crippen LogP contribution in [0.25, 0.3) is 0 Å². The number of unbranched alkanes of at least 4 members (excludes halogenated alkanes) is 1. The summed E-state index contributed by atoms with van der Waals surface area (Å²) in [6, 6.07) is 15.7. The van der Waals surface area contributed by atoms with Gasteiger partial charge < -0.3 is 14.8 Å². The number of hydrazine groups is 1. The van der Waals surface area contributed by atoms with Crippen LogP contribution in [-0.4, -0.2) is 25.2 Å². The van der Waals surface area contributed by atoms with Gasteiger partial charge in [-0.25, -0.2) is 10.9 Å². The number of amides is 1. The molecule has 1 aliphatic rings. The van der Waals surface area contributed by atoms with Crippen molar-refractivity contribution in [3.63, 3.8) is 0 Å². The van der Waals surface area contributed by atoms with Gasteiger partial charge in [0.15, 0.2) is 0 Å². The zero-order valence-corrected chi connectivity index (χ0v) is 17.2. The Morgan fingerprint density at radius 2 is 1.90 bits per heavy atom. The Balaban J connectivity index is 1.47. The highest BCUT2D eigenvalue weighted by Gasteiger charge is 2.29. The summed E-state index contributed by atoms with van der Waals surface area (Å²) in [5.41, 5.74) is 8.50. The molecule has 1 heterocycles. The van der Waals surface area contributed by atoms with Gasteiger partial charge in [-0.15, -0.1) is 0 Å². The minimum absolute atomic E-state index is 0.0127. The third-order valence-corrected chi connectivity index (χ3v) is 4.94. The van der Waals surface area contributed by atoms with Gasteiger partial charge >= 0.3 is 0 Å². The van der Waals surface area contributed by atoms with E-state index in [4.69, 9.17) is 9.47 Å². The number of rotatable bonds is 10. The van der Waals surface area contributed by atoms with Crippen LogP contribution in [-0.2, 0) is 11.3 Å². The minimum Gasteiger partial charge on any atom is -0.494 e. The maximum atomic E-state index is 12.5. The van der Waals surface area contributed by atoms with Crippen molar-refractivity contribution in [3.05, 3.63) is 59.7 Å². The molecule has 2 unspecified atom stereocenters. The summed E-state index contributed by atoms with van der Waals surface area (Å²) < 4.78 is 11.2. The lowest BCUT2D eigenvalue weighted by molar-refractivity contribution is -0.123. The fourth-order valence-electron chi connectivity index (χ4n) is 3.30. The zero-order valence-electron chi connectivity index (χ0n) is 17.2. The third-order valence-electron chi connectivity index (χ3n) is 4.94. The monoisotopic (exact) mass is 397 g/mol. The van der Waals surface area contributed by atoms with Gasteiger partial charge in [0.1, 0.15) is 17.5 Å². The summed E-state index contributed by atoms with van der Waals surface area (Å²) in [5, 5.41) is 3.00. The number of hydrogen-bond acceptors (Lipinski definition) is 5. The normalized spacial score (nSPS) is 18.4. The average Bonchev–Trinajstić information content (AvgIpc) is 3.24. The van der Waals surface area contributed by atoms with Gasteiger partial charge in [0, 0.05) is 12.6 Å². The second-order valence-electron chi connectivity index (χ2n) is 7.20. The maximum Gasteiger partial charge on any atom is 0.238 e. The maximum absolute atomic E-state index is 12.5. The van der Waals surface area contributed by atoms with Crippen molar-refractivity contribution < 1.29 is 14.3 Å². The van der Waals surface area contributed by atoms with E-state index in [0.717, 1.165) is 42.1 Å². The standard InChI is InChI=1S/C23H31N3O3/c1-3-5-13-29-19-11-9-18(10-12-19)21-15-22(26-25-21)23(27)24-16-17-7-6-8-20(14-17)28-4-2/h6-12,14,21-22,25-26H,3-5,13,15-16H2,1-2H3,(H,24,27). The number of carbonyl (C=O) groups is 1. The minimum atomic E-state index is -0.268. The van der Waals surface area contributed by atoms with Gasteiger partial charge in [-0.05, 0) is 55.2 Å². The van der Waals surface area contributed by atoms with Crippen LogP contribution in [0.3, 0.4) is 0 Å². The first-order valence-electron chi connectivity index (χ1n) is 10.4. The zero-order chi connectivity index (χ0) is 20.5. The van der Waals surface area contributed by atoms with E-state index in [9.17, 15) is 4.79 Å². The summed E-state index contributed by atoms with van der Waals surface area (Å²) in [7, 11) is 0. The molecule has 2 aromatic rings. The van der Waals surface area contributed by atoms with E-state index in [1.54, 1.807) is 0 Å². The van der Waals surface area contributed by atoms with E-state index in [0.29, 0.717) is 19.6 Å². The Labute approximate surface area is 173 Å². The first-order chi connectivity index (χ1) is 14.2. The lowest BCUT2D eigenvalue weighted by Crippen LogP contribution is -2.42. The third kappa shape index (κ3) is 6.21. The Hall–Kier alpha value is -2.57. The molecule has 29 heavy (non-hydrogen) atoms. The van der Waals surface area contributed by atoms with Crippen LogP contribution in [0.4, 0.5) is 0 Å². The number of carbonyl (C=O) groups excluding carboxylic acids is 1. The topological polar surface area (TPSA) is 71.6 Å². The van der Waals surface area contributed by atoms with Crippen LogP contribution in [0.15, 0.2) is 48.5 Å². The molecule has 0 spiro atoms. The summed E-state index contributed by atoms with van der Waals surface area (Å²) in [4.78, 5) is 12.5. The van der Waals surface area contributed by atoms with Gasteiger partial charge in [-0.2, -0.15) is 0 Å². The molecule has 0 aliphatic carbocycles. The summed E-state index contributed by atoms with van der Waals surface area (Å²) >= 11 is 0. The van der Waals surface area contributed by atoms with Crippen molar-refractivity contribution in [2.75, 3.05) is 13.2 Å². The van der Waals surface area contributed by atoms with Crippen molar-refractivity contribution in [1.29, 1.82) is 0 Å². The van der Waals surface area contributed by atoms with Crippen molar-refractivity contribution in [2.45, 2.75) is 51.7 Å². The van der Waals surface area contributed by atoms with Crippen molar-refractivity contribution in [1.82, 2.24) is 16.2 Å².